The number of urea groups is 1. The van der Waals surface area contributed by atoms with E-state index in [4.69, 9.17) is 0 Å². The van der Waals surface area contributed by atoms with Crippen LogP contribution in [-0.2, 0) is 27.9 Å². The van der Waals surface area contributed by atoms with Gasteiger partial charge in [0.05, 0.1) is 18.0 Å². The average molecular weight is 485 g/mol. The van der Waals surface area contributed by atoms with Gasteiger partial charge in [-0.3, -0.25) is 14.5 Å². The minimum atomic E-state index is -3.70. The lowest BCUT2D eigenvalue weighted by molar-refractivity contribution is -0.125. The van der Waals surface area contributed by atoms with Crippen molar-refractivity contribution in [1.82, 2.24) is 14.9 Å². The van der Waals surface area contributed by atoms with E-state index >= 15 is 0 Å². The molecule has 9 nitrogen and oxygen atoms in total. The summed E-state index contributed by atoms with van der Waals surface area (Å²) in [7, 11) is -3.70. The number of hydrogen-bond donors (Lipinski definition) is 3. The molecule has 4 rings (SSSR count). The van der Waals surface area contributed by atoms with Crippen LogP contribution in [0, 0.1) is 0 Å². The van der Waals surface area contributed by atoms with Crippen LogP contribution < -0.4 is 15.4 Å². The molecule has 11 heteroatoms. The molecule has 0 saturated carbocycles. The largest absolute Gasteiger partial charge is 0.329 e. The summed E-state index contributed by atoms with van der Waals surface area (Å²) in [4.78, 5) is 38.1. The third kappa shape index (κ3) is 5.45. The van der Waals surface area contributed by atoms with Crippen LogP contribution in [0.15, 0.2) is 70.9 Å². The van der Waals surface area contributed by atoms with Crippen molar-refractivity contribution in [2.75, 3.05) is 11.9 Å². The number of thiophene rings is 1. The number of sulfonamides is 1. The van der Waals surface area contributed by atoms with Gasteiger partial charge < -0.3 is 10.6 Å². The molecular formula is C22H20N4O5S2. The van der Waals surface area contributed by atoms with Crippen LogP contribution >= 0.6 is 11.3 Å². The van der Waals surface area contributed by atoms with Gasteiger partial charge in [0, 0.05) is 22.7 Å². The highest BCUT2D eigenvalue weighted by atomic mass is 32.2. The van der Waals surface area contributed by atoms with E-state index in [1.807, 2.05) is 17.5 Å². The Morgan fingerprint density at radius 3 is 2.52 bits per heavy atom. The number of imide groups is 1. The Morgan fingerprint density at radius 2 is 1.85 bits per heavy atom. The predicted octanol–water partition coefficient (Wildman–Crippen LogP) is 2.53. The molecule has 170 valence electrons. The predicted molar refractivity (Wildman–Crippen MR) is 123 cm³/mol. The van der Waals surface area contributed by atoms with Crippen LogP contribution in [0.4, 0.5) is 10.5 Å². The molecule has 1 saturated heterocycles. The fourth-order valence-corrected chi connectivity index (χ4v) is 4.94. The first-order valence-electron chi connectivity index (χ1n) is 9.92. The summed E-state index contributed by atoms with van der Waals surface area (Å²) in [6.07, 6.45) is 0. The highest BCUT2D eigenvalue weighted by molar-refractivity contribution is 7.89. The van der Waals surface area contributed by atoms with Gasteiger partial charge in [0.25, 0.3) is 5.91 Å². The lowest BCUT2D eigenvalue weighted by Crippen LogP contribution is -2.30. The first-order chi connectivity index (χ1) is 15.8. The highest BCUT2D eigenvalue weighted by Gasteiger charge is 2.28. The van der Waals surface area contributed by atoms with Gasteiger partial charge in [0.1, 0.15) is 0 Å². The Labute approximate surface area is 194 Å². The van der Waals surface area contributed by atoms with Crippen molar-refractivity contribution in [3.63, 3.8) is 0 Å². The normalized spacial score (nSPS) is 13.8. The van der Waals surface area contributed by atoms with Crippen molar-refractivity contribution in [2.24, 2.45) is 0 Å². The van der Waals surface area contributed by atoms with Crippen LogP contribution in [0.3, 0.4) is 0 Å². The van der Waals surface area contributed by atoms with Crippen LogP contribution in [0.2, 0.25) is 0 Å². The third-order valence-corrected chi connectivity index (χ3v) is 7.20. The van der Waals surface area contributed by atoms with Crippen molar-refractivity contribution in [1.29, 1.82) is 0 Å². The average Bonchev–Trinajstić information content (AvgIpc) is 3.44. The Bertz CT molecular complexity index is 1270. The molecule has 1 fully saturated rings. The van der Waals surface area contributed by atoms with Crippen LogP contribution in [0.1, 0.15) is 20.8 Å². The first kappa shape index (κ1) is 22.6. The molecule has 0 spiro atoms. The summed E-state index contributed by atoms with van der Waals surface area (Å²) in [5.74, 6) is -0.730. The Kier molecular flexibility index (Phi) is 6.54. The lowest BCUT2D eigenvalue weighted by Gasteiger charge is -2.13. The first-order valence-corrected chi connectivity index (χ1v) is 12.3. The van der Waals surface area contributed by atoms with Crippen molar-refractivity contribution < 1.29 is 22.8 Å². The molecular weight excluding hydrogens is 464 g/mol. The van der Waals surface area contributed by atoms with E-state index in [1.165, 1.54) is 35.6 Å². The summed E-state index contributed by atoms with van der Waals surface area (Å²) in [5.41, 5.74) is 1.45. The third-order valence-electron chi connectivity index (χ3n) is 4.91. The molecule has 1 aliphatic heterocycles. The minimum absolute atomic E-state index is 0.0233. The number of nitrogens with one attached hydrogen (secondary N) is 3. The molecule has 0 aliphatic carbocycles. The maximum absolute atomic E-state index is 12.6. The second-order valence-corrected chi connectivity index (χ2v) is 10.0. The van der Waals surface area contributed by atoms with Gasteiger partial charge in [-0.1, -0.05) is 18.2 Å². The van der Waals surface area contributed by atoms with E-state index < -0.39 is 22.0 Å². The number of benzene rings is 2. The smallest absolute Gasteiger partial charge is 0.324 e. The van der Waals surface area contributed by atoms with E-state index in [1.54, 1.807) is 24.3 Å². The quantitative estimate of drug-likeness (QED) is 0.424. The topological polar surface area (TPSA) is 125 Å². The molecule has 0 bridgehead atoms. The van der Waals surface area contributed by atoms with Gasteiger partial charge in [-0.05, 0) is 53.4 Å². The van der Waals surface area contributed by atoms with Crippen molar-refractivity contribution in [3.05, 3.63) is 82.0 Å². The summed E-state index contributed by atoms with van der Waals surface area (Å²) in [6.45, 7) is 0.271. The molecule has 0 unspecified atom stereocenters. The number of hydrogen-bond acceptors (Lipinski definition) is 6. The Balaban J connectivity index is 1.39. The second kappa shape index (κ2) is 9.53. The van der Waals surface area contributed by atoms with E-state index in [9.17, 15) is 22.8 Å². The molecule has 3 N–H and O–H groups in total. The van der Waals surface area contributed by atoms with E-state index in [0.717, 1.165) is 9.78 Å². The number of rotatable bonds is 8. The van der Waals surface area contributed by atoms with Gasteiger partial charge in [-0.25, -0.2) is 17.9 Å². The zero-order valence-electron chi connectivity index (χ0n) is 17.3. The molecule has 33 heavy (non-hydrogen) atoms. The summed E-state index contributed by atoms with van der Waals surface area (Å²) >= 11 is 1.46. The molecule has 0 radical (unpaired) electrons. The monoisotopic (exact) mass is 484 g/mol. The van der Waals surface area contributed by atoms with Crippen LogP contribution in [0.5, 0.6) is 0 Å². The maximum atomic E-state index is 12.6. The highest BCUT2D eigenvalue weighted by Crippen LogP contribution is 2.17. The van der Waals surface area contributed by atoms with Crippen LogP contribution in [0.25, 0.3) is 0 Å². The zero-order valence-corrected chi connectivity index (χ0v) is 18.9. The van der Waals surface area contributed by atoms with E-state index in [2.05, 4.69) is 15.4 Å². The Morgan fingerprint density at radius 1 is 1.06 bits per heavy atom. The standard InChI is InChI=1S/C22H20N4O5S2/c27-20-13-23-22(29)26(20)14-15-3-1-4-17(11-15)25-21(28)16-6-8-19(9-7-16)33(30,31)24-12-18-5-2-10-32-18/h1-11,24H,12-14H2,(H,23,29)(H,25,28). The molecule has 1 aliphatic rings. The molecule has 1 aromatic heterocycles. The van der Waals surface area contributed by atoms with Gasteiger partial charge in [0.15, 0.2) is 0 Å². The van der Waals surface area contributed by atoms with Crippen molar-refractivity contribution in [2.45, 2.75) is 18.0 Å². The zero-order chi connectivity index (χ0) is 23.4. The number of nitrogens with zero attached hydrogens (tertiary/aromatic N) is 1. The molecule has 2 aromatic carbocycles. The Hall–Kier alpha value is -3.54. The van der Waals surface area contributed by atoms with Gasteiger partial charge >= 0.3 is 6.03 Å². The van der Waals surface area contributed by atoms with Gasteiger partial charge in [-0.2, -0.15) is 0 Å². The number of anilines is 1. The number of carbonyl (C=O) groups is 3. The van der Waals surface area contributed by atoms with Gasteiger partial charge in [0.2, 0.25) is 15.9 Å². The van der Waals surface area contributed by atoms with Crippen LogP contribution in [-0.4, -0.2) is 37.7 Å². The molecule has 0 atom stereocenters. The number of carbonyl (C=O) groups excluding carboxylic acids is 3. The number of amides is 4. The van der Waals surface area contributed by atoms with E-state index in [-0.39, 0.29) is 36.0 Å². The summed E-state index contributed by atoms with van der Waals surface area (Å²) in [5, 5.41) is 7.07. The molecule has 3 aromatic rings. The van der Waals surface area contributed by atoms with Gasteiger partial charge in [-0.15, -0.1) is 11.3 Å². The minimum Gasteiger partial charge on any atom is -0.329 e. The lowest BCUT2D eigenvalue weighted by atomic mass is 10.1. The summed E-state index contributed by atoms with van der Waals surface area (Å²) in [6, 6.07) is 15.7. The van der Waals surface area contributed by atoms with Crippen molar-refractivity contribution >= 4 is 44.9 Å². The summed E-state index contributed by atoms with van der Waals surface area (Å²) < 4.78 is 27.5. The maximum Gasteiger partial charge on any atom is 0.324 e. The van der Waals surface area contributed by atoms with E-state index in [0.29, 0.717) is 11.3 Å². The fourth-order valence-electron chi connectivity index (χ4n) is 3.20. The molecule has 2 heterocycles. The SMILES string of the molecule is O=C(Nc1cccc(CN2C(=O)CNC2=O)c1)c1ccc(S(=O)(=O)NCc2cccs2)cc1. The molecule has 4 amide bonds. The second-order valence-electron chi connectivity index (χ2n) is 7.22. The fraction of sp³-hybridized carbons (Fsp3) is 0.136. The van der Waals surface area contributed by atoms with Crippen molar-refractivity contribution in [3.8, 4) is 0 Å².